The lowest BCUT2D eigenvalue weighted by molar-refractivity contribution is -0.140. The number of ether oxygens (including phenoxy) is 2. The summed E-state index contributed by atoms with van der Waals surface area (Å²) in [5.74, 6) is -1.10. The van der Waals surface area contributed by atoms with Crippen LogP contribution in [0.2, 0.25) is 0 Å². The first-order valence-electron chi connectivity index (χ1n) is 11.8. The SMILES string of the molecule is CCBr.CCOC(=O)CS(=O)(=O)c1ccccc1.CCOC(=O)CSc1ccccc1.Sc1ccccc1. The van der Waals surface area contributed by atoms with E-state index in [1.165, 1.54) is 23.9 Å². The summed E-state index contributed by atoms with van der Waals surface area (Å²) in [5, 5.41) is 1.06. The molecule has 0 aromatic heterocycles. The van der Waals surface area contributed by atoms with Crippen molar-refractivity contribution < 1.29 is 27.5 Å². The third-order valence-corrected chi connectivity index (χ3v) is 6.77. The standard InChI is InChI=1S/C10H12O4S.C10H12O2S.C6H6S.C2H5Br/c1-2-14-10(11)8-15(12,13)9-6-4-3-5-7-9;1-2-12-10(11)8-13-9-6-4-3-5-7-9;7-6-4-2-1-3-5-6;1-2-3/h3-7H,2,8H2,1H3;3-7H,2,8H2,1H3;1-5,7H;2H2,1H3. The largest absolute Gasteiger partial charge is 0.465 e. The van der Waals surface area contributed by atoms with Crippen LogP contribution in [0, 0.1) is 0 Å². The smallest absolute Gasteiger partial charge is 0.321 e. The summed E-state index contributed by atoms with van der Waals surface area (Å²) in [4.78, 5) is 24.3. The molecule has 0 atom stereocenters. The highest BCUT2D eigenvalue weighted by atomic mass is 79.9. The van der Waals surface area contributed by atoms with E-state index >= 15 is 0 Å². The Morgan fingerprint density at radius 3 is 1.61 bits per heavy atom. The first kappa shape index (κ1) is 35.7. The topological polar surface area (TPSA) is 86.7 Å². The number of hydrogen-bond acceptors (Lipinski definition) is 8. The molecule has 0 saturated carbocycles. The van der Waals surface area contributed by atoms with Crippen LogP contribution in [0.4, 0.5) is 0 Å². The molecule has 0 saturated heterocycles. The van der Waals surface area contributed by atoms with Crippen LogP contribution in [0.15, 0.2) is 106 Å². The van der Waals surface area contributed by atoms with Crippen molar-refractivity contribution in [1.82, 2.24) is 0 Å². The van der Waals surface area contributed by atoms with E-state index in [1.807, 2.05) is 74.5 Å². The van der Waals surface area contributed by atoms with Crippen LogP contribution in [-0.4, -0.2) is 50.4 Å². The normalized spacial score (nSPS) is 9.71. The molecule has 0 amide bonds. The van der Waals surface area contributed by atoms with Gasteiger partial charge in [0.25, 0.3) is 0 Å². The molecule has 3 aromatic rings. The van der Waals surface area contributed by atoms with Crippen LogP contribution in [0.25, 0.3) is 0 Å². The molecule has 0 fully saturated rings. The number of carbonyl (C=O) groups is 2. The molecule has 0 bridgehead atoms. The summed E-state index contributed by atoms with van der Waals surface area (Å²) in [6, 6.07) is 27.4. The second-order valence-electron chi connectivity index (χ2n) is 6.89. The highest BCUT2D eigenvalue weighted by Gasteiger charge is 2.19. The van der Waals surface area contributed by atoms with Crippen LogP contribution in [0.5, 0.6) is 0 Å². The molecule has 10 heteroatoms. The molecule has 0 aliphatic carbocycles. The molecule has 0 aliphatic heterocycles. The molecule has 38 heavy (non-hydrogen) atoms. The van der Waals surface area contributed by atoms with Gasteiger partial charge in [0, 0.05) is 15.1 Å². The molecule has 3 aromatic carbocycles. The van der Waals surface area contributed by atoms with Crippen molar-refractivity contribution in [2.45, 2.75) is 35.5 Å². The number of carbonyl (C=O) groups excluding carboxylic acids is 2. The number of hydrogen-bond donors (Lipinski definition) is 1. The Bertz CT molecular complexity index is 1110. The number of rotatable bonds is 8. The number of benzene rings is 3. The van der Waals surface area contributed by atoms with E-state index in [4.69, 9.17) is 4.74 Å². The van der Waals surface area contributed by atoms with Gasteiger partial charge in [0.05, 0.1) is 23.9 Å². The third kappa shape index (κ3) is 18.9. The van der Waals surface area contributed by atoms with Crippen LogP contribution in [-0.2, 0) is 28.9 Å². The van der Waals surface area contributed by atoms with Gasteiger partial charge in [0.15, 0.2) is 15.6 Å². The van der Waals surface area contributed by atoms with Crippen LogP contribution >= 0.6 is 40.3 Å². The van der Waals surface area contributed by atoms with Crippen molar-refractivity contribution in [3.63, 3.8) is 0 Å². The number of esters is 2. The fourth-order valence-corrected chi connectivity index (χ4v) is 4.38. The fraction of sp³-hybridized carbons (Fsp3) is 0.286. The molecular weight excluding hydrogens is 608 g/mol. The molecule has 0 N–H and O–H groups in total. The van der Waals surface area contributed by atoms with E-state index in [0.717, 1.165) is 15.1 Å². The monoisotopic (exact) mass is 642 g/mol. The second kappa shape index (κ2) is 22.7. The van der Waals surface area contributed by atoms with Crippen molar-refractivity contribution in [3.8, 4) is 0 Å². The second-order valence-corrected chi connectivity index (χ2v) is 11.6. The van der Waals surface area contributed by atoms with Gasteiger partial charge in [-0.15, -0.1) is 24.4 Å². The third-order valence-electron chi connectivity index (χ3n) is 3.88. The first-order chi connectivity index (χ1) is 18.2. The van der Waals surface area contributed by atoms with E-state index in [9.17, 15) is 18.0 Å². The highest BCUT2D eigenvalue weighted by molar-refractivity contribution is 9.09. The molecule has 0 aliphatic rings. The molecular formula is C28H35BrO6S3. The van der Waals surface area contributed by atoms with Gasteiger partial charge in [-0.3, -0.25) is 9.59 Å². The Hall–Kier alpha value is -2.27. The zero-order chi connectivity index (χ0) is 28.7. The fourth-order valence-electron chi connectivity index (χ4n) is 2.36. The quantitative estimate of drug-likeness (QED) is 0.126. The molecule has 6 nitrogen and oxygen atoms in total. The lowest BCUT2D eigenvalue weighted by Gasteiger charge is -2.03. The Morgan fingerprint density at radius 1 is 0.763 bits per heavy atom. The van der Waals surface area contributed by atoms with Crippen molar-refractivity contribution in [2.75, 3.05) is 30.0 Å². The maximum atomic E-state index is 11.6. The number of thioether (sulfide) groups is 1. The van der Waals surface area contributed by atoms with E-state index in [-0.39, 0.29) is 17.5 Å². The summed E-state index contributed by atoms with van der Waals surface area (Å²) in [6.07, 6.45) is 0. The molecule has 0 unspecified atom stereocenters. The van der Waals surface area contributed by atoms with E-state index in [1.54, 1.807) is 25.1 Å². The van der Waals surface area contributed by atoms with Gasteiger partial charge >= 0.3 is 11.9 Å². The van der Waals surface area contributed by atoms with Crippen molar-refractivity contribution in [2.24, 2.45) is 0 Å². The number of halogens is 1. The van der Waals surface area contributed by atoms with Gasteiger partial charge in [0.2, 0.25) is 0 Å². The molecule has 3 rings (SSSR count). The number of alkyl halides is 1. The molecule has 0 radical (unpaired) electrons. The van der Waals surface area contributed by atoms with Crippen LogP contribution < -0.4 is 0 Å². The maximum absolute atomic E-state index is 11.6. The average molecular weight is 644 g/mol. The van der Waals surface area contributed by atoms with Crippen LogP contribution in [0.1, 0.15) is 20.8 Å². The van der Waals surface area contributed by atoms with Crippen molar-refractivity contribution >= 4 is 62.1 Å². The maximum Gasteiger partial charge on any atom is 0.321 e. The number of thiol groups is 1. The van der Waals surface area contributed by atoms with Gasteiger partial charge in [-0.05, 0) is 50.2 Å². The highest BCUT2D eigenvalue weighted by Crippen LogP contribution is 2.16. The van der Waals surface area contributed by atoms with E-state index < -0.39 is 21.6 Å². The van der Waals surface area contributed by atoms with Gasteiger partial charge in [0.1, 0.15) is 0 Å². The van der Waals surface area contributed by atoms with E-state index in [2.05, 4.69) is 33.3 Å². The van der Waals surface area contributed by atoms with Crippen molar-refractivity contribution in [3.05, 3.63) is 91.0 Å². The summed E-state index contributed by atoms with van der Waals surface area (Å²) >= 11 is 8.72. The lowest BCUT2D eigenvalue weighted by atomic mass is 10.4. The van der Waals surface area contributed by atoms with Gasteiger partial charge in [-0.25, -0.2) is 8.42 Å². The lowest BCUT2D eigenvalue weighted by Crippen LogP contribution is -2.18. The zero-order valence-corrected chi connectivity index (χ0v) is 25.9. The predicted octanol–water partition coefficient (Wildman–Crippen LogP) is 6.74. The predicted molar refractivity (Wildman–Crippen MR) is 162 cm³/mol. The Kier molecular flexibility index (Phi) is 21.3. The Balaban J connectivity index is 0.000000538. The summed E-state index contributed by atoms with van der Waals surface area (Å²) in [5.41, 5.74) is 0. The zero-order valence-electron chi connectivity index (χ0n) is 21.8. The molecule has 0 heterocycles. The Morgan fingerprint density at radius 2 is 1.18 bits per heavy atom. The van der Waals surface area contributed by atoms with Gasteiger partial charge in [-0.1, -0.05) is 77.5 Å². The molecule has 0 spiro atoms. The van der Waals surface area contributed by atoms with Crippen molar-refractivity contribution in [1.29, 1.82) is 0 Å². The van der Waals surface area contributed by atoms with Crippen LogP contribution in [0.3, 0.4) is 0 Å². The van der Waals surface area contributed by atoms with Gasteiger partial charge in [-0.2, -0.15) is 0 Å². The van der Waals surface area contributed by atoms with Gasteiger partial charge < -0.3 is 9.47 Å². The summed E-state index contributed by atoms with van der Waals surface area (Å²) in [6.45, 7) is 6.12. The first-order valence-corrected chi connectivity index (χ1v) is 16.0. The Labute approximate surface area is 245 Å². The minimum atomic E-state index is -3.56. The molecule has 208 valence electrons. The summed E-state index contributed by atoms with van der Waals surface area (Å²) in [7, 11) is -3.56. The minimum absolute atomic E-state index is 0.137. The number of sulfone groups is 1. The van der Waals surface area contributed by atoms with E-state index in [0.29, 0.717) is 12.4 Å². The average Bonchev–Trinajstić information content (AvgIpc) is 2.90. The summed E-state index contributed by atoms with van der Waals surface area (Å²) < 4.78 is 32.6. The minimum Gasteiger partial charge on any atom is -0.465 e.